The summed E-state index contributed by atoms with van der Waals surface area (Å²) < 4.78 is 19.1. The first-order valence-electron chi connectivity index (χ1n) is 8.26. The van der Waals surface area contributed by atoms with E-state index in [1.165, 1.54) is 37.9 Å². The quantitative estimate of drug-likeness (QED) is 0.821. The van der Waals surface area contributed by atoms with Crippen molar-refractivity contribution in [2.24, 2.45) is 5.41 Å². The number of hydrogen-bond acceptors (Lipinski definition) is 2. The van der Waals surface area contributed by atoms with Crippen LogP contribution >= 0.6 is 0 Å². The van der Waals surface area contributed by atoms with Crippen molar-refractivity contribution in [3.8, 4) is 0 Å². The Kier molecular flexibility index (Phi) is 4.60. The lowest BCUT2D eigenvalue weighted by atomic mass is 9.71. The lowest BCUT2D eigenvalue weighted by Gasteiger charge is -2.42. The Hall–Kier alpha value is -0.930. The van der Waals surface area contributed by atoms with Gasteiger partial charge in [0.25, 0.3) is 0 Å². The van der Waals surface area contributed by atoms with Gasteiger partial charge < -0.3 is 9.64 Å². The first-order chi connectivity index (χ1) is 10.2. The van der Waals surface area contributed by atoms with Gasteiger partial charge in [-0.1, -0.05) is 19.1 Å². The Morgan fingerprint density at radius 3 is 2.62 bits per heavy atom. The highest BCUT2D eigenvalue weighted by Crippen LogP contribution is 2.43. The zero-order valence-electron chi connectivity index (χ0n) is 13.0. The minimum Gasteiger partial charge on any atom is -0.381 e. The monoisotopic (exact) mass is 291 g/mol. The zero-order valence-corrected chi connectivity index (χ0v) is 13.0. The molecule has 2 heterocycles. The third-order valence-corrected chi connectivity index (χ3v) is 5.40. The average Bonchev–Trinajstić information content (AvgIpc) is 2.72. The number of benzene rings is 1. The molecule has 116 valence electrons. The highest BCUT2D eigenvalue weighted by molar-refractivity contribution is 5.21. The van der Waals surface area contributed by atoms with Crippen LogP contribution in [0, 0.1) is 11.2 Å². The first kappa shape index (κ1) is 15.0. The predicted molar refractivity (Wildman–Crippen MR) is 83.0 cm³/mol. The Morgan fingerprint density at radius 2 is 1.95 bits per heavy atom. The molecule has 1 atom stereocenters. The molecule has 2 aliphatic rings. The Labute approximate surface area is 127 Å². The summed E-state index contributed by atoms with van der Waals surface area (Å²) in [6.45, 7) is 7.51. The second-order valence-corrected chi connectivity index (χ2v) is 6.73. The molecule has 2 saturated heterocycles. The standard InChI is InChI=1S/C18H26FNO/c1-2-20-10-8-18(9-11-20)13-16(7-12-21-14-18)15-3-5-17(19)6-4-15/h3-6,16H,2,7-14H2,1H3. The summed E-state index contributed by atoms with van der Waals surface area (Å²) in [6, 6.07) is 7.10. The molecular formula is C18H26FNO. The van der Waals surface area contributed by atoms with E-state index in [0.717, 1.165) is 26.2 Å². The van der Waals surface area contributed by atoms with Gasteiger partial charge in [0.2, 0.25) is 0 Å². The van der Waals surface area contributed by atoms with Crippen LogP contribution in [0.4, 0.5) is 4.39 Å². The molecule has 1 unspecified atom stereocenters. The molecule has 0 saturated carbocycles. The minimum atomic E-state index is -0.144. The van der Waals surface area contributed by atoms with Crippen LogP contribution in [0.5, 0.6) is 0 Å². The summed E-state index contributed by atoms with van der Waals surface area (Å²) in [7, 11) is 0. The number of ether oxygens (including phenoxy) is 1. The van der Waals surface area contributed by atoms with Crippen LogP contribution < -0.4 is 0 Å². The van der Waals surface area contributed by atoms with Gasteiger partial charge in [-0.3, -0.25) is 0 Å². The Morgan fingerprint density at radius 1 is 1.24 bits per heavy atom. The highest BCUT2D eigenvalue weighted by Gasteiger charge is 2.38. The third kappa shape index (κ3) is 3.46. The molecule has 1 aromatic carbocycles. The van der Waals surface area contributed by atoms with Crippen molar-refractivity contribution in [1.29, 1.82) is 0 Å². The van der Waals surface area contributed by atoms with Crippen LogP contribution in [0.2, 0.25) is 0 Å². The van der Waals surface area contributed by atoms with E-state index in [1.54, 1.807) is 12.1 Å². The van der Waals surface area contributed by atoms with Crippen molar-refractivity contribution in [3.05, 3.63) is 35.6 Å². The molecule has 1 aromatic rings. The largest absolute Gasteiger partial charge is 0.381 e. The molecule has 2 nitrogen and oxygen atoms in total. The highest BCUT2D eigenvalue weighted by atomic mass is 19.1. The summed E-state index contributed by atoms with van der Waals surface area (Å²) in [5, 5.41) is 0. The fourth-order valence-corrected chi connectivity index (χ4v) is 3.91. The molecule has 1 spiro atoms. The first-order valence-corrected chi connectivity index (χ1v) is 8.26. The molecule has 3 rings (SSSR count). The molecule has 0 bridgehead atoms. The third-order valence-electron chi connectivity index (χ3n) is 5.40. The molecule has 0 N–H and O–H groups in total. The SMILES string of the molecule is CCN1CCC2(CC1)COCCC(c1ccc(F)cc1)C2. The molecule has 2 fully saturated rings. The minimum absolute atomic E-state index is 0.144. The van der Waals surface area contributed by atoms with Crippen LogP contribution in [0.25, 0.3) is 0 Å². The maximum atomic E-state index is 13.1. The van der Waals surface area contributed by atoms with E-state index in [0.29, 0.717) is 11.3 Å². The van der Waals surface area contributed by atoms with Gasteiger partial charge in [-0.15, -0.1) is 0 Å². The maximum absolute atomic E-state index is 13.1. The summed E-state index contributed by atoms with van der Waals surface area (Å²) in [5.41, 5.74) is 1.61. The van der Waals surface area contributed by atoms with E-state index in [-0.39, 0.29) is 5.82 Å². The second kappa shape index (κ2) is 6.45. The molecular weight excluding hydrogens is 265 g/mol. The molecule has 3 heteroatoms. The van der Waals surface area contributed by atoms with Crippen LogP contribution in [-0.2, 0) is 4.74 Å². The van der Waals surface area contributed by atoms with Crippen LogP contribution in [0.15, 0.2) is 24.3 Å². The summed E-state index contributed by atoms with van der Waals surface area (Å²) in [4.78, 5) is 2.53. The predicted octanol–water partition coefficient (Wildman–Crippen LogP) is 3.82. The molecule has 0 aromatic heterocycles. The maximum Gasteiger partial charge on any atom is 0.123 e. The summed E-state index contributed by atoms with van der Waals surface area (Å²) in [5.74, 6) is 0.371. The van der Waals surface area contributed by atoms with Crippen molar-refractivity contribution in [2.45, 2.75) is 38.5 Å². The van der Waals surface area contributed by atoms with E-state index in [2.05, 4.69) is 11.8 Å². The number of hydrogen-bond donors (Lipinski definition) is 0. The zero-order chi connectivity index (χ0) is 14.7. The van der Waals surface area contributed by atoms with Gasteiger partial charge in [-0.05, 0) is 74.3 Å². The van der Waals surface area contributed by atoms with Gasteiger partial charge >= 0.3 is 0 Å². The fraction of sp³-hybridized carbons (Fsp3) is 0.667. The topological polar surface area (TPSA) is 12.5 Å². The molecule has 2 aliphatic heterocycles. The smallest absolute Gasteiger partial charge is 0.123 e. The van der Waals surface area contributed by atoms with E-state index in [4.69, 9.17) is 4.74 Å². The van der Waals surface area contributed by atoms with Crippen molar-refractivity contribution in [1.82, 2.24) is 4.90 Å². The lowest BCUT2D eigenvalue weighted by Crippen LogP contribution is -2.42. The molecule has 0 aliphatic carbocycles. The van der Waals surface area contributed by atoms with Gasteiger partial charge in [-0.25, -0.2) is 4.39 Å². The van der Waals surface area contributed by atoms with Crippen LogP contribution in [-0.4, -0.2) is 37.7 Å². The van der Waals surface area contributed by atoms with E-state index in [1.807, 2.05) is 12.1 Å². The van der Waals surface area contributed by atoms with Crippen LogP contribution in [0.1, 0.15) is 44.1 Å². The Bertz CT molecular complexity index is 451. The van der Waals surface area contributed by atoms with E-state index in [9.17, 15) is 4.39 Å². The molecule has 0 amide bonds. The van der Waals surface area contributed by atoms with Crippen molar-refractivity contribution >= 4 is 0 Å². The van der Waals surface area contributed by atoms with Crippen molar-refractivity contribution < 1.29 is 9.13 Å². The van der Waals surface area contributed by atoms with Crippen molar-refractivity contribution in [2.75, 3.05) is 32.8 Å². The van der Waals surface area contributed by atoms with E-state index < -0.39 is 0 Å². The number of piperidine rings is 1. The number of nitrogens with zero attached hydrogens (tertiary/aromatic N) is 1. The number of halogens is 1. The molecule has 0 radical (unpaired) electrons. The number of rotatable bonds is 2. The Balaban J connectivity index is 1.73. The second-order valence-electron chi connectivity index (χ2n) is 6.73. The van der Waals surface area contributed by atoms with Gasteiger partial charge in [0.15, 0.2) is 0 Å². The van der Waals surface area contributed by atoms with Crippen LogP contribution in [0.3, 0.4) is 0 Å². The van der Waals surface area contributed by atoms with Crippen molar-refractivity contribution in [3.63, 3.8) is 0 Å². The van der Waals surface area contributed by atoms with Gasteiger partial charge in [0.05, 0.1) is 6.61 Å². The molecule has 21 heavy (non-hydrogen) atoms. The van der Waals surface area contributed by atoms with Gasteiger partial charge in [0, 0.05) is 6.61 Å². The van der Waals surface area contributed by atoms with Gasteiger partial charge in [0.1, 0.15) is 5.82 Å². The number of likely N-dealkylation sites (tertiary alicyclic amines) is 1. The normalized spacial score (nSPS) is 26.7. The average molecular weight is 291 g/mol. The summed E-state index contributed by atoms with van der Waals surface area (Å²) in [6.07, 6.45) is 4.72. The van der Waals surface area contributed by atoms with E-state index >= 15 is 0 Å². The van der Waals surface area contributed by atoms with Gasteiger partial charge in [-0.2, -0.15) is 0 Å². The fourth-order valence-electron chi connectivity index (χ4n) is 3.91. The summed E-state index contributed by atoms with van der Waals surface area (Å²) >= 11 is 0. The lowest BCUT2D eigenvalue weighted by molar-refractivity contribution is 0.0128.